The first kappa shape index (κ1) is 17.7. The summed E-state index contributed by atoms with van der Waals surface area (Å²) in [7, 11) is 1.65. The first-order chi connectivity index (χ1) is 11.7. The van der Waals surface area contributed by atoms with Crippen LogP contribution in [-0.2, 0) is 12.8 Å². The van der Waals surface area contributed by atoms with Gasteiger partial charge in [0, 0.05) is 36.4 Å². The van der Waals surface area contributed by atoms with Crippen molar-refractivity contribution in [1.82, 2.24) is 4.98 Å². The molecule has 0 atom stereocenters. The summed E-state index contributed by atoms with van der Waals surface area (Å²) in [5.41, 5.74) is 2.65. The van der Waals surface area contributed by atoms with Gasteiger partial charge in [-0.25, -0.2) is 0 Å². The Labute approximate surface area is 154 Å². The molecule has 1 fully saturated rings. The zero-order valence-corrected chi connectivity index (χ0v) is 15.1. The highest BCUT2D eigenvalue weighted by Gasteiger charge is 2.44. The number of carbonyl (C=O) groups is 1. The van der Waals surface area contributed by atoms with Crippen LogP contribution in [0.3, 0.4) is 0 Å². The minimum absolute atomic E-state index is 0. The average molecular weight is 360 g/mol. The standard InChI is InChI=1S/C20H21NO3.ClH/c1-23-18-5-4-15(17(22)12-14-6-10-21-11-7-14)16-13-20(24-19(16)18)8-2-3-9-20;/h4-7,10-11H,2-3,8-9,12-13H2,1H3;1H. The van der Waals surface area contributed by atoms with Crippen molar-refractivity contribution >= 4 is 18.2 Å². The molecule has 2 aliphatic rings. The van der Waals surface area contributed by atoms with Crippen LogP contribution >= 0.6 is 12.4 Å². The molecule has 132 valence electrons. The van der Waals surface area contributed by atoms with Crippen molar-refractivity contribution in [3.8, 4) is 11.5 Å². The number of benzene rings is 1. The van der Waals surface area contributed by atoms with Gasteiger partial charge in [-0.2, -0.15) is 0 Å². The summed E-state index contributed by atoms with van der Waals surface area (Å²) in [5.74, 6) is 1.63. The van der Waals surface area contributed by atoms with Crippen LogP contribution in [0.2, 0.25) is 0 Å². The second kappa shape index (κ2) is 7.04. The minimum atomic E-state index is -0.122. The molecule has 5 heteroatoms. The van der Waals surface area contributed by atoms with Gasteiger partial charge in [-0.05, 0) is 55.5 Å². The van der Waals surface area contributed by atoms with Crippen molar-refractivity contribution in [2.24, 2.45) is 0 Å². The first-order valence-corrected chi connectivity index (χ1v) is 8.52. The lowest BCUT2D eigenvalue weighted by Gasteiger charge is -2.22. The molecular weight excluding hydrogens is 338 g/mol. The number of methoxy groups -OCH3 is 1. The summed E-state index contributed by atoms with van der Waals surface area (Å²) < 4.78 is 11.8. The SMILES string of the molecule is COc1ccc(C(=O)Cc2ccncc2)c2c1OC1(CCCC1)C2.Cl. The molecule has 0 bridgehead atoms. The predicted molar refractivity (Wildman–Crippen MR) is 98.0 cm³/mol. The Morgan fingerprint density at radius 1 is 1.20 bits per heavy atom. The monoisotopic (exact) mass is 359 g/mol. The zero-order valence-electron chi connectivity index (χ0n) is 14.3. The fraction of sp³-hybridized carbons (Fsp3) is 0.400. The highest BCUT2D eigenvalue weighted by molar-refractivity contribution is 6.00. The summed E-state index contributed by atoms with van der Waals surface area (Å²) in [5, 5.41) is 0. The van der Waals surface area contributed by atoms with E-state index >= 15 is 0 Å². The van der Waals surface area contributed by atoms with Crippen LogP contribution in [0, 0.1) is 0 Å². The predicted octanol–water partition coefficient (Wildman–Crippen LogP) is 4.19. The fourth-order valence-corrected chi connectivity index (χ4v) is 3.97. The third-order valence-electron chi connectivity index (χ3n) is 5.19. The summed E-state index contributed by atoms with van der Waals surface area (Å²) >= 11 is 0. The van der Waals surface area contributed by atoms with Crippen molar-refractivity contribution in [2.45, 2.75) is 44.1 Å². The molecule has 0 amide bonds. The van der Waals surface area contributed by atoms with Crippen LogP contribution in [0.25, 0.3) is 0 Å². The molecule has 1 saturated carbocycles. The molecule has 4 nitrogen and oxygen atoms in total. The number of nitrogens with zero attached hydrogens (tertiary/aromatic N) is 1. The molecule has 1 aromatic carbocycles. The van der Waals surface area contributed by atoms with E-state index in [2.05, 4.69) is 4.98 Å². The van der Waals surface area contributed by atoms with E-state index in [9.17, 15) is 4.79 Å². The van der Waals surface area contributed by atoms with Gasteiger partial charge in [-0.15, -0.1) is 12.4 Å². The van der Waals surface area contributed by atoms with Gasteiger partial charge in [0.1, 0.15) is 5.60 Å². The van der Waals surface area contributed by atoms with Gasteiger partial charge in [-0.1, -0.05) is 0 Å². The Bertz CT molecular complexity index is 770. The van der Waals surface area contributed by atoms with E-state index in [4.69, 9.17) is 9.47 Å². The topological polar surface area (TPSA) is 48.4 Å². The Hall–Kier alpha value is -2.07. The van der Waals surface area contributed by atoms with Gasteiger partial charge >= 0.3 is 0 Å². The van der Waals surface area contributed by atoms with E-state index in [0.29, 0.717) is 6.42 Å². The fourth-order valence-electron chi connectivity index (χ4n) is 3.97. The lowest BCUT2D eigenvalue weighted by atomic mass is 9.90. The number of fused-ring (bicyclic) bond motifs is 1. The van der Waals surface area contributed by atoms with Crippen LogP contribution in [-0.4, -0.2) is 23.5 Å². The van der Waals surface area contributed by atoms with E-state index in [1.807, 2.05) is 24.3 Å². The van der Waals surface area contributed by atoms with Crippen molar-refractivity contribution in [3.05, 3.63) is 53.3 Å². The lowest BCUT2D eigenvalue weighted by Crippen LogP contribution is -2.30. The van der Waals surface area contributed by atoms with Gasteiger partial charge in [0.2, 0.25) is 0 Å². The van der Waals surface area contributed by atoms with E-state index in [-0.39, 0.29) is 23.8 Å². The molecule has 25 heavy (non-hydrogen) atoms. The summed E-state index contributed by atoms with van der Waals surface area (Å²) in [4.78, 5) is 16.9. The number of ether oxygens (including phenoxy) is 2. The number of Topliss-reactive ketones (excluding diaryl/α,β-unsaturated/α-hetero) is 1. The molecule has 2 heterocycles. The molecule has 1 spiro atoms. The van der Waals surface area contributed by atoms with E-state index in [0.717, 1.165) is 47.5 Å². The highest BCUT2D eigenvalue weighted by atomic mass is 35.5. The number of rotatable bonds is 4. The molecule has 0 unspecified atom stereocenters. The molecule has 4 rings (SSSR count). The van der Waals surface area contributed by atoms with Gasteiger partial charge in [0.15, 0.2) is 17.3 Å². The number of hydrogen-bond acceptors (Lipinski definition) is 4. The van der Waals surface area contributed by atoms with Gasteiger partial charge in [0.25, 0.3) is 0 Å². The molecule has 0 radical (unpaired) electrons. The van der Waals surface area contributed by atoms with Crippen LogP contribution < -0.4 is 9.47 Å². The van der Waals surface area contributed by atoms with Crippen LogP contribution in [0.15, 0.2) is 36.7 Å². The second-order valence-corrected chi connectivity index (χ2v) is 6.75. The maximum atomic E-state index is 12.9. The molecule has 1 aromatic heterocycles. The largest absolute Gasteiger partial charge is 0.493 e. The number of hydrogen-bond donors (Lipinski definition) is 0. The first-order valence-electron chi connectivity index (χ1n) is 8.52. The summed E-state index contributed by atoms with van der Waals surface area (Å²) in [6.07, 6.45) is 9.14. The smallest absolute Gasteiger partial charge is 0.167 e. The molecule has 0 saturated heterocycles. The van der Waals surface area contributed by atoms with Gasteiger partial charge < -0.3 is 9.47 Å². The summed E-state index contributed by atoms with van der Waals surface area (Å²) in [6, 6.07) is 7.51. The van der Waals surface area contributed by atoms with E-state index in [1.165, 1.54) is 12.8 Å². The molecule has 2 aromatic rings. The number of halogens is 1. The van der Waals surface area contributed by atoms with E-state index in [1.54, 1.807) is 19.5 Å². The lowest BCUT2D eigenvalue weighted by molar-refractivity contribution is 0.0989. The normalized spacial score (nSPS) is 16.8. The van der Waals surface area contributed by atoms with Crippen LogP contribution in [0.4, 0.5) is 0 Å². The third kappa shape index (κ3) is 3.23. The van der Waals surface area contributed by atoms with Crippen molar-refractivity contribution in [1.29, 1.82) is 0 Å². The Morgan fingerprint density at radius 2 is 1.92 bits per heavy atom. The quantitative estimate of drug-likeness (QED) is 0.768. The van der Waals surface area contributed by atoms with Gasteiger partial charge in [0.05, 0.1) is 7.11 Å². The Morgan fingerprint density at radius 3 is 2.60 bits per heavy atom. The van der Waals surface area contributed by atoms with Crippen molar-refractivity contribution in [2.75, 3.05) is 7.11 Å². The Kier molecular flexibility index (Phi) is 5.00. The second-order valence-electron chi connectivity index (χ2n) is 6.75. The maximum Gasteiger partial charge on any atom is 0.167 e. The zero-order chi connectivity index (χ0) is 16.6. The molecule has 1 aliphatic heterocycles. The molecule has 1 aliphatic carbocycles. The van der Waals surface area contributed by atoms with Crippen molar-refractivity contribution in [3.63, 3.8) is 0 Å². The molecule has 0 N–H and O–H groups in total. The highest BCUT2D eigenvalue weighted by Crippen LogP contribution is 2.49. The number of ketones is 1. The summed E-state index contributed by atoms with van der Waals surface area (Å²) in [6.45, 7) is 0. The third-order valence-corrected chi connectivity index (χ3v) is 5.19. The van der Waals surface area contributed by atoms with Crippen LogP contribution in [0.5, 0.6) is 11.5 Å². The van der Waals surface area contributed by atoms with E-state index < -0.39 is 0 Å². The number of carbonyl (C=O) groups excluding carboxylic acids is 1. The Balaban J connectivity index is 0.00000182. The molecular formula is C20H22ClNO3. The van der Waals surface area contributed by atoms with Crippen LogP contribution in [0.1, 0.15) is 47.2 Å². The average Bonchev–Trinajstić information content (AvgIpc) is 3.21. The van der Waals surface area contributed by atoms with Crippen molar-refractivity contribution < 1.29 is 14.3 Å². The minimum Gasteiger partial charge on any atom is -0.493 e. The van der Waals surface area contributed by atoms with Gasteiger partial charge in [-0.3, -0.25) is 9.78 Å². The number of pyridine rings is 1. The maximum absolute atomic E-state index is 12.9. The number of aromatic nitrogens is 1.